The van der Waals surface area contributed by atoms with Crippen molar-refractivity contribution in [1.82, 2.24) is 19.7 Å². The number of ether oxygens (including phenoxy) is 3. The molecule has 2 rings (SSSR count). The summed E-state index contributed by atoms with van der Waals surface area (Å²) in [4.78, 5) is 12.0. The number of nitrogens with one attached hydrogen (secondary N) is 1. The average Bonchev–Trinajstić information content (AvgIpc) is 2.61. The molecule has 0 aliphatic heterocycles. The summed E-state index contributed by atoms with van der Waals surface area (Å²) in [6.45, 7) is 3.39. The molecular formula is C15H20N4O5S. The van der Waals surface area contributed by atoms with Gasteiger partial charge in [-0.15, -0.1) is 4.98 Å². The number of nitrogens with zero attached hydrogens (tertiary/aromatic N) is 3. The maximum atomic E-state index is 12.6. The Hall–Kier alpha value is -2.46. The van der Waals surface area contributed by atoms with E-state index in [0.717, 1.165) is 5.56 Å². The fourth-order valence-corrected chi connectivity index (χ4v) is 3.44. The number of aromatic nitrogens is 3. The molecule has 1 heterocycles. The van der Waals surface area contributed by atoms with Crippen LogP contribution in [0.3, 0.4) is 0 Å². The van der Waals surface area contributed by atoms with Gasteiger partial charge >= 0.3 is 12.0 Å². The first-order valence-electron chi connectivity index (χ1n) is 7.29. The van der Waals surface area contributed by atoms with Crippen LogP contribution in [-0.2, 0) is 16.6 Å². The summed E-state index contributed by atoms with van der Waals surface area (Å²) in [5.74, 6) is 0.804. The predicted octanol–water partition coefficient (Wildman–Crippen LogP) is 0.993. The topological polar surface area (TPSA) is 113 Å². The average molecular weight is 368 g/mol. The van der Waals surface area contributed by atoms with Gasteiger partial charge in [0, 0.05) is 0 Å². The fourth-order valence-electron chi connectivity index (χ4n) is 2.16. The van der Waals surface area contributed by atoms with Crippen molar-refractivity contribution in [3.63, 3.8) is 0 Å². The van der Waals surface area contributed by atoms with E-state index in [4.69, 9.17) is 14.2 Å². The third kappa shape index (κ3) is 4.15. The highest BCUT2D eigenvalue weighted by atomic mass is 32.2. The van der Waals surface area contributed by atoms with Crippen molar-refractivity contribution >= 4 is 10.0 Å². The quantitative estimate of drug-likeness (QED) is 0.770. The summed E-state index contributed by atoms with van der Waals surface area (Å²) < 4.78 is 42.8. The van der Waals surface area contributed by atoms with Crippen LogP contribution in [0.2, 0.25) is 0 Å². The number of hydrogen-bond donors (Lipinski definition) is 1. The van der Waals surface area contributed by atoms with Crippen LogP contribution in [0.5, 0.6) is 17.8 Å². The van der Waals surface area contributed by atoms with Gasteiger partial charge in [-0.1, -0.05) is 0 Å². The maximum absolute atomic E-state index is 12.6. The van der Waals surface area contributed by atoms with Crippen LogP contribution in [0.25, 0.3) is 0 Å². The van der Waals surface area contributed by atoms with Crippen molar-refractivity contribution in [3.8, 4) is 17.8 Å². The van der Waals surface area contributed by atoms with Crippen molar-refractivity contribution < 1.29 is 22.6 Å². The van der Waals surface area contributed by atoms with Crippen LogP contribution in [0.4, 0.5) is 0 Å². The molecule has 0 saturated heterocycles. The minimum atomic E-state index is -3.76. The van der Waals surface area contributed by atoms with Crippen molar-refractivity contribution in [2.75, 3.05) is 21.3 Å². The van der Waals surface area contributed by atoms with E-state index in [0.29, 0.717) is 11.3 Å². The summed E-state index contributed by atoms with van der Waals surface area (Å²) in [5.41, 5.74) is 1.37. The van der Waals surface area contributed by atoms with E-state index in [1.165, 1.54) is 27.4 Å². The number of methoxy groups -OCH3 is 3. The minimum Gasteiger partial charge on any atom is -0.496 e. The molecule has 0 unspecified atom stereocenters. The lowest BCUT2D eigenvalue weighted by molar-refractivity contribution is 0.336. The zero-order chi connectivity index (χ0) is 18.6. The molecule has 0 aliphatic carbocycles. The Kier molecular flexibility index (Phi) is 5.75. The van der Waals surface area contributed by atoms with Gasteiger partial charge in [0.2, 0.25) is 10.0 Å². The Morgan fingerprint density at radius 2 is 1.52 bits per heavy atom. The predicted molar refractivity (Wildman–Crippen MR) is 89.4 cm³/mol. The maximum Gasteiger partial charge on any atom is 0.322 e. The summed E-state index contributed by atoms with van der Waals surface area (Å²) in [6, 6.07) is 3.19. The summed E-state index contributed by atoms with van der Waals surface area (Å²) in [6.07, 6.45) is 0. The summed E-state index contributed by atoms with van der Waals surface area (Å²) >= 11 is 0. The molecule has 0 saturated carbocycles. The molecule has 0 fully saturated rings. The van der Waals surface area contributed by atoms with Crippen LogP contribution >= 0.6 is 0 Å². The molecule has 0 amide bonds. The van der Waals surface area contributed by atoms with Crippen LogP contribution in [-0.4, -0.2) is 44.7 Å². The first-order chi connectivity index (χ1) is 11.8. The van der Waals surface area contributed by atoms with Crippen LogP contribution in [0.15, 0.2) is 17.0 Å². The molecule has 1 aromatic heterocycles. The third-order valence-electron chi connectivity index (χ3n) is 3.62. The lowest BCUT2D eigenvalue weighted by Crippen LogP contribution is -2.25. The molecule has 9 nitrogen and oxygen atoms in total. The Bertz CT molecular complexity index is 848. The van der Waals surface area contributed by atoms with Crippen molar-refractivity contribution in [3.05, 3.63) is 29.1 Å². The molecule has 1 aromatic carbocycles. The second-order valence-corrected chi connectivity index (χ2v) is 6.80. The molecule has 0 bridgehead atoms. The van der Waals surface area contributed by atoms with E-state index in [2.05, 4.69) is 19.7 Å². The van der Waals surface area contributed by atoms with Gasteiger partial charge in [0.1, 0.15) is 5.75 Å². The SMILES string of the molecule is COc1nc(CNS(=O)(=O)c2ccc(OC)c(C)c2C)nc(OC)n1. The molecule has 1 N–H and O–H groups in total. The number of hydrogen-bond acceptors (Lipinski definition) is 8. The number of rotatable bonds is 7. The van der Waals surface area contributed by atoms with Gasteiger partial charge in [0.15, 0.2) is 5.82 Å². The minimum absolute atomic E-state index is 0.0394. The largest absolute Gasteiger partial charge is 0.496 e. The molecule has 0 atom stereocenters. The lowest BCUT2D eigenvalue weighted by atomic mass is 10.1. The normalized spacial score (nSPS) is 11.2. The zero-order valence-corrected chi connectivity index (χ0v) is 15.5. The number of sulfonamides is 1. The molecule has 2 aromatic rings. The molecule has 10 heteroatoms. The highest BCUT2D eigenvalue weighted by Crippen LogP contribution is 2.26. The molecular weight excluding hydrogens is 348 g/mol. The summed E-state index contributed by atoms with van der Waals surface area (Å²) in [7, 11) is 0.564. The second kappa shape index (κ2) is 7.62. The Morgan fingerprint density at radius 1 is 0.920 bits per heavy atom. The van der Waals surface area contributed by atoms with Gasteiger partial charge in [-0.2, -0.15) is 9.97 Å². The molecule has 0 radical (unpaired) electrons. The van der Waals surface area contributed by atoms with E-state index >= 15 is 0 Å². The van der Waals surface area contributed by atoms with E-state index in [1.807, 2.05) is 0 Å². The van der Waals surface area contributed by atoms with Crippen molar-refractivity contribution in [2.24, 2.45) is 0 Å². The highest BCUT2D eigenvalue weighted by Gasteiger charge is 2.20. The fraction of sp³-hybridized carbons (Fsp3) is 0.400. The highest BCUT2D eigenvalue weighted by molar-refractivity contribution is 7.89. The van der Waals surface area contributed by atoms with E-state index in [-0.39, 0.29) is 29.3 Å². The van der Waals surface area contributed by atoms with Gasteiger partial charge in [-0.25, -0.2) is 13.1 Å². The van der Waals surface area contributed by atoms with Gasteiger partial charge in [-0.3, -0.25) is 0 Å². The molecule has 0 spiro atoms. The van der Waals surface area contributed by atoms with Crippen LogP contribution < -0.4 is 18.9 Å². The van der Waals surface area contributed by atoms with Gasteiger partial charge in [0.25, 0.3) is 0 Å². The Morgan fingerprint density at radius 3 is 2.04 bits per heavy atom. The first-order valence-corrected chi connectivity index (χ1v) is 8.77. The monoisotopic (exact) mass is 368 g/mol. The zero-order valence-electron chi connectivity index (χ0n) is 14.7. The van der Waals surface area contributed by atoms with E-state index in [1.54, 1.807) is 19.9 Å². The van der Waals surface area contributed by atoms with Crippen LogP contribution in [0, 0.1) is 13.8 Å². The first kappa shape index (κ1) is 18.9. The second-order valence-electron chi connectivity index (χ2n) is 5.07. The number of benzene rings is 1. The third-order valence-corrected chi connectivity index (χ3v) is 5.17. The van der Waals surface area contributed by atoms with E-state index < -0.39 is 10.0 Å². The van der Waals surface area contributed by atoms with E-state index in [9.17, 15) is 8.42 Å². The van der Waals surface area contributed by atoms with Crippen LogP contribution in [0.1, 0.15) is 17.0 Å². The smallest absolute Gasteiger partial charge is 0.322 e. The van der Waals surface area contributed by atoms with Gasteiger partial charge in [0.05, 0.1) is 32.8 Å². The Labute approximate surface area is 146 Å². The standard InChI is InChI=1S/C15H20N4O5S/c1-9-10(2)12(7-6-11(9)22-3)25(20,21)16-8-13-17-14(23-4)19-15(18-13)24-5/h6-7,16H,8H2,1-5H3. The Balaban J connectivity index is 2.27. The van der Waals surface area contributed by atoms with Crippen molar-refractivity contribution in [1.29, 1.82) is 0 Å². The van der Waals surface area contributed by atoms with Gasteiger partial charge in [-0.05, 0) is 37.1 Å². The molecule has 0 aliphatic rings. The molecule has 136 valence electrons. The van der Waals surface area contributed by atoms with Gasteiger partial charge < -0.3 is 14.2 Å². The van der Waals surface area contributed by atoms with Crippen molar-refractivity contribution in [2.45, 2.75) is 25.3 Å². The lowest BCUT2D eigenvalue weighted by Gasteiger charge is -2.13. The summed E-state index contributed by atoms with van der Waals surface area (Å²) in [5, 5.41) is 0. The molecule has 25 heavy (non-hydrogen) atoms.